The van der Waals surface area contributed by atoms with E-state index in [0.717, 1.165) is 0 Å². The topological polar surface area (TPSA) is 75.7 Å². The summed E-state index contributed by atoms with van der Waals surface area (Å²) in [7, 11) is -3.65. The summed E-state index contributed by atoms with van der Waals surface area (Å²) < 4.78 is 58.5. The van der Waals surface area contributed by atoms with Crippen molar-refractivity contribution in [3.05, 3.63) is 65.7 Å². The highest BCUT2D eigenvalue weighted by atomic mass is 32.2. The summed E-state index contributed by atoms with van der Waals surface area (Å²) in [6.45, 7) is 0.983. The van der Waals surface area contributed by atoms with Crippen molar-refractivity contribution >= 4 is 15.9 Å². The number of nitrogens with one attached hydrogen (secondary N) is 1. The van der Waals surface area contributed by atoms with Crippen LogP contribution in [-0.2, 0) is 20.6 Å². The Labute approximate surface area is 174 Å². The first-order valence-electron chi connectivity index (χ1n) is 9.72. The van der Waals surface area contributed by atoms with Gasteiger partial charge in [-0.1, -0.05) is 18.2 Å². The molecule has 0 atom stereocenters. The number of nitrogens with zero attached hydrogens (tertiary/aromatic N) is 1. The number of hydrogen-bond donors (Lipinski definition) is 1. The number of sulfonamides is 1. The molecular weight excluding hydrogens is 414 g/mol. The summed E-state index contributed by atoms with van der Waals surface area (Å²) in [5, 5.41) is 2.78. The fourth-order valence-corrected chi connectivity index (χ4v) is 4.89. The highest BCUT2D eigenvalue weighted by Gasteiger charge is 2.31. The number of benzene rings is 2. The van der Waals surface area contributed by atoms with Crippen LogP contribution in [0.3, 0.4) is 0 Å². The minimum Gasteiger partial charge on any atom is -0.492 e. The van der Waals surface area contributed by atoms with Gasteiger partial charge in [-0.15, -0.1) is 0 Å². The Balaban J connectivity index is 1.41. The Morgan fingerprint density at radius 1 is 1.07 bits per heavy atom. The van der Waals surface area contributed by atoms with Gasteiger partial charge in [-0.05, 0) is 43.2 Å². The van der Waals surface area contributed by atoms with E-state index in [1.165, 1.54) is 46.8 Å². The zero-order chi connectivity index (χ0) is 21.6. The van der Waals surface area contributed by atoms with Crippen molar-refractivity contribution < 1.29 is 26.7 Å². The Bertz CT molecular complexity index is 959. The van der Waals surface area contributed by atoms with E-state index in [1.54, 1.807) is 6.07 Å². The molecule has 30 heavy (non-hydrogen) atoms. The monoisotopic (exact) mass is 438 g/mol. The third kappa shape index (κ3) is 5.99. The van der Waals surface area contributed by atoms with Crippen molar-refractivity contribution in [3.63, 3.8) is 0 Å². The Morgan fingerprint density at radius 3 is 2.40 bits per heavy atom. The van der Waals surface area contributed by atoms with E-state index in [9.17, 15) is 22.0 Å². The van der Waals surface area contributed by atoms with Crippen LogP contribution in [0, 0.1) is 17.6 Å². The molecule has 2 aromatic rings. The van der Waals surface area contributed by atoms with Gasteiger partial charge in [0.15, 0.2) is 0 Å². The first-order chi connectivity index (χ1) is 14.3. The lowest BCUT2D eigenvalue weighted by atomic mass is 9.97. The van der Waals surface area contributed by atoms with Gasteiger partial charge in [-0.2, -0.15) is 0 Å². The van der Waals surface area contributed by atoms with Crippen molar-refractivity contribution in [2.75, 3.05) is 26.2 Å². The number of hydrogen-bond acceptors (Lipinski definition) is 4. The Kier molecular flexibility index (Phi) is 7.38. The van der Waals surface area contributed by atoms with Crippen LogP contribution in [0.4, 0.5) is 8.78 Å². The SMILES string of the molecule is O=C(NCCOc1ccc(F)cc1)C1CCN(S(=O)(=O)Cc2ccccc2F)CC1. The number of amides is 1. The maximum atomic E-state index is 13.8. The molecule has 1 aliphatic heterocycles. The lowest BCUT2D eigenvalue weighted by Gasteiger charge is -2.30. The molecule has 1 fully saturated rings. The normalized spacial score (nSPS) is 15.7. The standard InChI is InChI=1S/C21H24F2N2O4S/c22-18-5-7-19(8-6-18)29-14-11-24-21(26)16-9-12-25(13-10-16)30(27,28)15-17-3-1-2-4-20(17)23/h1-8,16H,9-15H2,(H,24,26). The van der Waals surface area contributed by atoms with E-state index in [0.29, 0.717) is 25.1 Å². The number of piperidine rings is 1. The summed E-state index contributed by atoms with van der Waals surface area (Å²) in [4.78, 5) is 12.3. The molecule has 1 N–H and O–H groups in total. The third-order valence-corrected chi connectivity index (χ3v) is 6.83. The van der Waals surface area contributed by atoms with Crippen molar-refractivity contribution in [1.29, 1.82) is 0 Å². The van der Waals surface area contributed by atoms with E-state index in [4.69, 9.17) is 4.74 Å². The van der Waals surface area contributed by atoms with Gasteiger partial charge in [-0.3, -0.25) is 4.79 Å². The van der Waals surface area contributed by atoms with E-state index in [-0.39, 0.29) is 42.9 Å². The number of halogens is 2. The minimum absolute atomic E-state index is 0.138. The van der Waals surface area contributed by atoms with Gasteiger partial charge in [0.25, 0.3) is 0 Å². The number of carbonyl (C=O) groups excluding carboxylic acids is 1. The first kappa shape index (κ1) is 22.2. The molecular formula is C21H24F2N2O4S. The Hall–Kier alpha value is -2.52. The molecule has 162 valence electrons. The molecule has 9 heteroatoms. The van der Waals surface area contributed by atoms with Crippen LogP contribution in [0.15, 0.2) is 48.5 Å². The van der Waals surface area contributed by atoms with Gasteiger partial charge in [0, 0.05) is 24.6 Å². The second kappa shape index (κ2) is 9.99. The third-order valence-electron chi connectivity index (χ3n) is 5.00. The average molecular weight is 438 g/mol. The summed E-state index contributed by atoms with van der Waals surface area (Å²) >= 11 is 0. The summed E-state index contributed by atoms with van der Waals surface area (Å²) in [5.41, 5.74) is 0.138. The van der Waals surface area contributed by atoms with Crippen LogP contribution in [0.2, 0.25) is 0 Å². The lowest BCUT2D eigenvalue weighted by molar-refractivity contribution is -0.126. The van der Waals surface area contributed by atoms with E-state index in [1.807, 2.05) is 0 Å². The van der Waals surface area contributed by atoms with E-state index in [2.05, 4.69) is 5.32 Å². The molecule has 1 heterocycles. The van der Waals surface area contributed by atoms with Crippen LogP contribution < -0.4 is 10.1 Å². The summed E-state index contributed by atoms with van der Waals surface area (Å²) in [5.74, 6) is -1.20. The van der Waals surface area contributed by atoms with Crippen LogP contribution in [0.5, 0.6) is 5.75 Å². The molecule has 0 aromatic heterocycles. The molecule has 0 radical (unpaired) electrons. The lowest BCUT2D eigenvalue weighted by Crippen LogP contribution is -2.44. The van der Waals surface area contributed by atoms with Gasteiger partial charge in [-0.25, -0.2) is 21.5 Å². The second-order valence-corrected chi connectivity index (χ2v) is 9.08. The predicted molar refractivity (Wildman–Crippen MR) is 108 cm³/mol. The van der Waals surface area contributed by atoms with Gasteiger partial charge in [0.05, 0.1) is 12.3 Å². The van der Waals surface area contributed by atoms with Gasteiger partial charge in [0.1, 0.15) is 24.0 Å². The van der Waals surface area contributed by atoms with Crippen LogP contribution in [-0.4, -0.2) is 44.9 Å². The predicted octanol–water partition coefficient (Wildman–Crippen LogP) is 2.70. The fraction of sp³-hybridized carbons (Fsp3) is 0.381. The van der Waals surface area contributed by atoms with Crippen LogP contribution in [0.1, 0.15) is 18.4 Å². The first-order valence-corrected chi connectivity index (χ1v) is 11.3. The highest BCUT2D eigenvalue weighted by Crippen LogP contribution is 2.22. The van der Waals surface area contributed by atoms with Crippen molar-refractivity contribution in [2.24, 2.45) is 5.92 Å². The average Bonchev–Trinajstić information content (AvgIpc) is 2.74. The van der Waals surface area contributed by atoms with Gasteiger partial charge in [0.2, 0.25) is 15.9 Å². The highest BCUT2D eigenvalue weighted by molar-refractivity contribution is 7.88. The molecule has 1 aliphatic rings. The molecule has 0 saturated carbocycles. The molecule has 0 aliphatic carbocycles. The Morgan fingerprint density at radius 2 is 1.73 bits per heavy atom. The molecule has 0 spiro atoms. The number of ether oxygens (including phenoxy) is 1. The molecule has 2 aromatic carbocycles. The molecule has 6 nitrogen and oxygen atoms in total. The summed E-state index contributed by atoms with van der Waals surface area (Å²) in [6, 6.07) is 11.4. The summed E-state index contributed by atoms with van der Waals surface area (Å²) in [6.07, 6.45) is 0.808. The maximum absolute atomic E-state index is 13.8. The van der Waals surface area contributed by atoms with Crippen LogP contribution >= 0.6 is 0 Å². The fourth-order valence-electron chi connectivity index (χ4n) is 3.32. The largest absolute Gasteiger partial charge is 0.492 e. The zero-order valence-corrected chi connectivity index (χ0v) is 17.2. The quantitative estimate of drug-likeness (QED) is 0.643. The van der Waals surface area contributed by atoms with E-state index < -0.39 is 21.6 Å². The van der Waals surface area contributed by atoms with Crippen LogP contribution in [0.25, 0.3) is 0 Å². The second-order valence-electron chi connectivity index (χ2n) is 7.11. The van der Waals surface area contributed by atoms with E-state index >= 15 is 0 Å². The smallest absolute Gasteiger partial charge is 0.223 e. The maximum Gasteiger partial charge on any atom is 0.223 e. The van der Waals surface area contributed by atoms with Crippen molar-refractivity contribution in [1.82, 2.24) is 9.62 Å². The van der Waals surface area contributed by atoms with Gasteiger partial charge >= 0.3 is 0 Å². The molecule has 1 saturated heterocycles. The van der Waals surface area contributed by atoms with Crippen molar-refractivity contribution in [3.8, 4) is 5.75 Å². The minimum atomic E-state index is -3.65. The number of rotatable bonds is 8. The molecule has 3 rings (SSSR count). The molecule has 0 unspecified atom stereocenters. The zero-order valence-electron chi connectivity index (χ0n) is 16.4. The molecule has 1 amide bonds. The number of carbonyl (C=O) groups is 1. The van der Waals surface area contributed by atoms with Crippen molar-refractivity contribution in [2.45, 2.75) is 18.6 Å². The van der Waals surface area contributed by atoms with Gasteiger partial charge < -0.3 is 10.1 Å². The molecule has 0 bridgehead atoms.